The van der Waals surface area contributed by atoms with Crippen LogP contribution in [0.1, 0.15) is 12.8 Å². The zero-order chi connectivity index (χ0) is 7.68. The van der Waals surface area contributed by atoms with Gasteiger partial charge in [-0.05, 0) is 25.4 Å². The molecule has 0 N–H and O–H groups in total. The van der Waals surface area contributed by atoms with E-state index in [-0.39, 0.29) is 40.1 Å². The molecule has 0 saturated carbocycles. The quantitative estimate of drug-likeness (QED) is 0.649. The topological polar surface area (TPSA) is 6.48 Å². The van der Waals surface area contributed by atoms with Crippen LogP contribution in [0.25, 0.3) is 0 Å². The van der Waals surface area contributed by atoms with Crippen LogP contribution in [0.15, 0.2) is 6.58 Å². The Labute approximate surface area is 107 Å². The summed E-state index contributed by atoms with van der Waals surface area (Å²) in [4.78, 5) is 4.82. The molecule has 3 aliphatic heterocycles. The zero-order valence-corrected chi connectivity index (χ0v) is 11.3. The van der Waals surface area contributed by atoms with Gasteiger partial charge in [0.05, 0.1) is 0 Å². The van der Waals surface area contributed by atoms with Gasteiger partial charge >= 0.3 is 0 Å². The Bertz CT molecular complexity index is 153. The van der Waals surface area contributed by atoms with Crippen molar-refractivity contribution in [2.45, 2.75) is 18.9 Å². The first-order valence-electron chi connectivity index (χ1n) is 4.42. The van der Waals surface area contributed by atoms with E-state index in [1.807, 2.05) is 0 Å². The van der Waals surface area contributed by atoms with E-state index in [0.29, 0.717) is 0 Å². The molecule has 0 aromatic rings. The Kier molecular flexibility index (Phi) is 6.44. The summed E-state index contributed by atoms with van der Waals surface area (Å²) in [7, 11) is 0. The number of nitrogens with zero attached hydrogens (tertiary/aromatic N) is 2. The van der Waals surface area contributed by atoms with Crippen molar-refractivity contribution in [1.82, 2.24) is 9.80 Å². The standard InChI is InChI=1S/C9H15N2.CH3.Y/c1-2-11-8-7-10-5-3-9(11)4-6-10;;/h9H,1,3-8H2;1H3;/q2*-1;. The van der Waals surface area contributed by atoms with E-state index in [4.69, 9.17) is 0 Å². The first-order chi connectivity index (χ1) is 5.40. The SMILES string of the molecule is C=[C-]N1CCN2CCC1CC2.[CH3-].[Y]. The number of hydrogen-bond donors (Lipinski definition) is 0. The van der Waals surface area contributed by atoms with Gasteiger partial charge in [-0.3, -0.25) is 6.58 Å². The molecule has 3 heteroatoms. The number of piperidine rings is 1. The molecule has 3 fully saturated rings. The van der Waals surface area contributed by atoms with Crippen molar-refractivity contribution in [3.63, 3.8) is 0 Å². The van der Waals surface area contributed by atoms with Gasteiger partial charge in [-0.1, -0.05) is 0 Å². The van der Waals surface area contributed by atoms with Crippen molar-refractivity contribution in [3.05, 3.63) is 20.2 Å². The smallest absolute Gasteiger partial charge is 0.0131 e. The van der Waals surface area contributed by atoms with E-state index in [0.717, 1.165) is 12.6 Å². The monoisotopic (exact) mass is 255 g/mol. The predicted molar refractivity (Wildman–Crippen MR) is 51.5 cm³/mol. The zero-order valence-electron chi connectivity index (χ0n) is 8.50. The minimum atomic E-state index is 0. The largest absolute Gasteiger partial charge is 0.551 e. The Balaban J connectivity index is 0.000000720. The van der Waals surface area contributed by atoms with Crippen molar-refractivity contribution in [2.75, 3.05) is 26.2 Å². The molecule has 1 radical (unpaired) electrons. The normalized spacial score (nSPS) is 31.2. The second kappa shape index (κ2) is 6.16. The first kappa shape index (κ1) is 13.6. The fourth-order valence-corrected chi connectivity index (χ4v) is 2.09. The predicted octanol–water partition coefficient (Wildman–Crippen LogP) is 1.16. The van der Waals surface area contributed by atoms with Crippen LogP contribution in [0.4, 0.5) is 0 Å². The first-order valence-corrected chi connectivity index (χ1v) is 4.42. The molecule has 0 amide bonds. The third kappa shape index (κ3) is 3.04. The van der Waals surface area contributed by atoms with Gasteiger partial charge in [-0.25, -0.2) is 0 Å². The van der Waals surface area contributed by atoms with Gasteiger partial charge in [0, 0.05) is 52.3 Å². The van der Waals surface area contributed by atoms with Gasteiger partial charge in [0.2, 0.25) is 0 Å². The number of fused-ring (bicyclic) bond motifs is 4. The van der Waals surface area contributed by atoms with E-state index >= 15 is 0 Å². The summed E-state index contributed by atoms with van der Waals surface area (Å²) in [5.41, 5.74) is 0. The Morgan fingerprint density at radius 1 is 1.08 bits per heavy atom. The van der Waals surface area contributed by atoms with Gasteiger partial charge in [0.1, 0.15) is 0 Å². The molecular weight excluding hydrogens is 237 g/mol. The maximum atomic E-state index is 3.73. The van der Waals surface area contributed by atoms with Crippen LogP contribution >= 0.6 is 0 Å². The molecule has 3 saturated heterocycles. The van der Waals surface area contributed by atoms with E-state index in [2.05, 4.69) is 22.6 Å². The molecule has 3 rings (SSSR count). The summed E-state index contributed by atoms with van der Waals surface area (Å²) in [6.45, 7) is 8.63. The van der Waals surface area contributed by atoms with Crippen LogP contribution < -0.4 is 0 Å². The third-order valence-electron chi connectivity index (χ3n) is 2.86. The summed E-state index contributed by atoms with van der Waals surface area (Å²) in [6, 6.07) is 0.742. The Morgan fingerprint density at radius 3 is 2.23 bits per heavy atom. The maximum absolute atomic E-state index is 3.73. The van der Waals surface area contributed by atoms with Crippen LogP contribution in [0.3, 0.4) is 0 Å². The maximum Gasteiger partial charge on any atom is 0.0131 e. The third-order valence-corrected chi connectivity index (χ3v) is 2.86. The molecule has 3 heterocycles. The molecule has 73 valence electrons. The van der Waals surface area contributed by atoms with Crippen molar-refractivity contribution in [3.8, 4) is 0 Å². The van der Waals surface area contributed by atoms with Gasteiger partial charge in [0.25, 0.3) is 0 Å². The molecule has 0 unspecified atom stereocenters. The van der Waals surface area contributed by atoms with E-state index in [1.54, 1.807) is 0 Å². The van der Waals surface area contributed by atoms with Gasteiger partial charge in [-0.2, -0.15) is 0 Å². The van der Waals surface area contributed by atoms with Crippen LogP contribution in [0, 0.1) is 13.6 Å². The van der Waals surface area contributed by atoms with Crippen molar-refractivity contribution >= 4 is 0 Å². The van der Waals surface area contributed by atoms with Crippen LogP contribution in [0.2, 0.25) is 0 Å². The fraction of sp³-hybridized carbons (Fsp3) is 0.700. The van der Waals surface area contributed by atoms with Crippen LogP contribution in [-0.2, 0) is 32.7 Å². The van der Waals surface area contributed by atoms with Crippen molar-refractivity contribution in [2.24, 2.45) is 0 Å². The number of hydrogen-bond acceptors (Lipinski definition) is 2. The molecule has 0 spiro atoms. The van der Waals surface area contributed by atoms with Gasteiger partial charge < -0.3 is 23.4 Å². The average Bonchev–Trinajstić information content (AvgIpc) is 2.36. The summed E-state index contributed by atoms with van der Waals surface area (Å²) in [5.74, 6) is 0. The summed E-state index contributed by atoms with van der Waals surface area (Å²) in [6.07, 6.45) is 5.64. The molecule has 13 heavy (non-hydrogen) atoms. The molecule has 2 nitrogen and oxygen atoms in total. The second-order valence-electron chi connectivity index (χ2n) is 3.42. The van der Waals surface area contributed by atoms with E-state index in [9.17, 15) is 0 Å². The minimum Gasteiger partial charge on any atom is -0.551 e. The molecule has 3 aliphatic rings. The minimum absolute atomic E-state index is 0. The summed E-state index contributed by atoms with van der Waals surface area (Å²) >= 11 is 0. The van der Waals surface area contributed by atoms with Crippen molar-refractivity contribution < 1.29 is 32.7 Å². The summed E-state index contributed by atoms with van der Waals surface area (Å²) < 4.78 is 0. The molecule has 0 aromatic heterocycles. The molecule has 0 aliphatic carbocycles. The number of rotatable bonds is 1. The van der Waals surface area contributed by atoms with Gasteiger partial charge in [0.15, 0.2) is 0 Å². The molecule has 2 bridgehead atoms. The Hall–Kier alpha value is 0.604. The Morgan fingerprint density at radius 2 is 1.69 bits per heavy atom. The fourth-order valence-electron chi connectivity index (χ4n) is 2.09. The van der Waals surface area contributed by atoms with Crippen LogP contribution in [0.5, 0.6) is 0 Å². The molecule has 0 atom stereocenters. The molecule has 0 aromatic carbocycles. The second-order valence-corrected chi connectivity index (χ2v) is 3.42. The van der Waals surface area contributed by atoms with E-state index < -0.39 is 0 Å². The van der Waals surface area contributed by atoms with Crippen LogP contribution in [-0.4, -0.2) is 42.0 Å². The molecular formula is C10H18N2Y-2. The van der Waals surface area contributed by atoms with Gasteiger partial charge in [-0.15, -0.1) is 0 Å². The summed E-state index contributed by atoms with van der Waals surface area (Å²) in [5, 5.41) is 0. The average molecular weight is 255 g/mol. The van der Waals surface area contributed by atoms with E-state index in [1.165, 1.54) is 32.5 Å². The van der Waals surface area contributed by atoms with Crippen molar-refractivity contribution in [1.29, 1.82) is 0 Å².